The van der Waals surface area contributed by atoms with Crippen LogP contribution in [0.15, 0.2) is 95.4 Å². The van der Waals surface area contributed by atoms with Crippen LogP contribution in [0, 0.1) is 0 Å². The molecule has 310 valence electrons. The quantitative estimate of drug-likeness (QED) is 0.162. The van der Waals surface area contributed by atoms with E-state index in [2.05, 4.69) is 178 Å². The van der Waals surface area contributed by atoms with Gasteiger partial charge in [-0.3, -0.25) is 0 Å². The summed E-state index contributed by atoms with van der Waals surface area (Å²) in [6, 6.07) is 34.1. The Morgan fingerprint density at radius 3 is 1.47 bits per heavy atom. The van der Waals surface area contributed by atoms with Crippen molar-refractivity contribution in [3.05, 3.63) is 124 Å². The number of fused-ring (bicyclic) bond motifs is 7. The van der Waals surface area contributed by atoms with Gasteiger partial charge in [-0.2, -0.15) is 0 Å². The van der Waals surface area contributed by atoms with Crippen LogP contribution in [-0.2, 0) is 32.5 Å². The predicted octanol–water partition coefficient (Wildman–Crippen LogP) is 14.1. The van der Waals surface area contributed by atoms with Gasteiger partial charge < -0.3 is 14.2 Å². The summed E-state index contributed by atoms with van der Waals surface area (Å²) in [5.41, 5.74) is 14.2. The molecule has 3 aliphatic rings. The second-order valence-corrected chi connectivity index (χ2v) is 23.1. The molecule has 6 aromatic rings. The average molecular weight is 799 g/mol. The van der Waals surface area contributed by atoms with Gasteiger partial charge in [-0.1, -0.05) is 147 Å². The molecule has 0 bridgehead atoms. The minimum atomic E-state index is -2.17. The molecule has 3 heterocycles. The third-order valence-electron chi connectivity index (χ3n) is 13.5. The number of hydrogen-bond acceptors (Lipinski definition) is 3. The predicted molar refractivity (Wildman–Crippen MR) is 260 cm³/mol. The summed E-state index contributed by atoms with van der Waals surface area (Å²) < 4.78 is 45.0. The molecule has 0 N–H and O–H groups in total. The maximum Gasteiger partial charge on any atom is 0.297 e. The fourth-order valence-electron chi connectivity index (χ4n) is 9.68. The zero-order valence-electron chi connectivity index (χ0n) is 43.0. The van der Waals surface area contributed by atoms with Crippen LogP contribution in [0.25, 0.3) is 11.0 Å². The van der Waals surface area contributed by atoms with E-state index < -0.39 is 23.6 Å². The van der Waals surface area contributed by atoms with Gasteiger partial charge in [0.1, 0.15) is 5.58 Å². The zero-order valence-corrected chi connectivity index (χ0v) is 39.0. The summed E-state index contributed by atoms with van der Waals surface area (Å²) in [5.74, 6) is 0. The van der Waals surface area contributed by atoms with Crippen LogP contribution in [-0.4, -0.2) is 6.71 Å². The Hall–Kier alpha value is -4.70. The number of anilines is 6. The first kappa shape index (κ1) is 36.0. The highest BCUT2D eigenvalue weighted by Gasteiger charge is 2.48. The Balaban J connectivity index is 1.44. The van der Waals surface area contributed by atoms with Crippen LogP contribution in [0.5, 0.6) is 0 Å². The monoisotopic (exact) mass is 799 g/mol. The summed E-state index contributed by atoms with van der Waals surface area (Å²) in [4.78, 5) is 4.89. The molecule has 0 saturated carbocycles. The van der Waals surface area contributed by atoms with Gasteiger partial charge in [-0.05, 0) is 144 Å². The highest BCUT2D eigenvalue weighted by molar-refractivity contribution is 7.00. The molecule has 0 unspecified atom stereocenters. The zero-order chi connectivity index (χ0) is 46.9. The van der Waals surface area contributed by atoms with Crippen LogP contribution in [0.1, 0.15) is 162 Å². The van der Waals surface area contributed by atoms with Gasteiger partial charge in [0.15, 0.2) is 0 Å². The van der Waals surface area contributed by atoms with Gasteiger partial charge in [-0.15, -0.1) is 0 Å². The topological polar surface area (TPSA) is 19.6 Å². The summed E-state index contributed by atoms with van der Waals surface area (Å²) in [5, 5.41) is 0.901. The van der Waals surface area contributed by atoms with Gasteiger partial charge in [-0.25, -0.2) is 0 Å². The van der Waals surface area contributed by atoms with Crippen molar-refractivity contribution in [3.63, 3.8) is 0 Å². The van der Waals surface area contributed by atoms with Gasteiger partial charge >= 0.3 is 0 Å². The van der Waals surface area contributed by atoms with E-state index in [-0.39, 0.29) is 28.4 Å². The van der Waals surface area contributed by atoms with E-state index in [0.29, 0.717) is 5.58 Å². The van der Waals surface area contributed by atoms with E-state index in [4.69, 9.17) is 4.42 Å². The Kier molecular flexibility index (Phi) is 7.75. The molecule has 0 radical (unpaired) electrons. The fourth-order valence-corrected chi connectivity index (χ4v) is 9.68. The van der Waals surface area contributed by atoms with Gasteiger partial charge in [0.05, 0.1) is 11.3 Å². The normalized spacial score (nSPS) is 19.7. The van der Waals surface area contributed by atoms with Gasteiger partial charge in [0.25, 0.3) is 6.71 Å². The number of hydrogen-bond donors (Lipinski definition) is 0. The van der Waals surface area contributed by atoms with E-state index in [9.17, 15) is 5.48 Å². The third-order valence-corrected chi connectivity index (χ3v) is 13.5. The molecule has 1 aromatic heterocycles. The minimum Gasteiger partial charge on any atom is -0.468 e. The second-order valence-electron chi connectivity index (χ2n) is 23.1. The van der Waals surface area contributed by atoms with E-state index in [1.807, 2.05) is 33.8 Å². The molecule has 9 rings (SSSR count). The van der Waals surface area contributed by atoms with E-state index >= 15 is 0 Å². The first-order chi connectivity index (χ1) is 29.3. The van der Waals surface area contributed by atoms with Crippen LogP contribution in [0.2, 0.25) is 0 Å². The maximum absolute atomic E-state index is 9.43. The lowest BCUT2D eigenvalue weighted by Gasteiger charge is -2.44. The second kappa shape index (κ2) is 12.9. The van der Waals surface area contributed by atoms with Crippen molar-refractivity contribution in [2.45, 2.75) is 156 Å². The Bertz CT molecular complexity index is 2880. The maximum atomic E-state index is 9.43. The largest absolute Gasteiger partial charge is 0.468 e. The fraction of sp³-hybridized carbons (Fsp3) is 0.429. The highest BCUT2D eigenvalue weighted by atomic mass is 16.3. The average Bonchev–Trinajstić information content (AvgIpc) is 3.56. The standard InChI is InChI=1S/C56H67BN2O/c1-51(2,3)34-17-22-38(23-18-34)58-44-26-21-36(53(7,8)9)29-43(44)57-48-45(58)30-37(54(10,11)12)31-46(48)59(39-24-19-35(20-25-39)52(4,5)6)49-40-32-41-42(33-47(40)60-50(49)57)56(15,16)28-27-55(41,13)14/h17-26,29-33H,27-28H2,1-16H3/i27D2,28D2. The lowest BCUT2D eigenvalue weighted by atomic mass is 9.35. The molecule has 0 atom stereocenters. The minimum absolute atomic E-state index is 0.00634. The molecule has 0 fully saturated rings. The molecular weight excluding hydrogens is 727 g/mol. The lowest BCUT2D eigenvalue weighted by molar-refractivity contribution is 0.332. The summed E-state index contributed by atoms with van der Waals surface area (Å²) in [6.07, 6.45) is -4.33. The van der Waals surface area contributed by atoms with E-state index in [0.717, 1.165) is 56.3 Å². The molecule has 0 saturated heterocycles. The van der Waals surface area contributed by atoms with Crippen LogP contribution >= 0.6 is 0 Å². The van der Waals surface area contributed by atoms with Crippen LogP contribution in [0.4, 0.5) is 34.1 Å². The van der Waals surface area contributed by atoms with Crippen LogP contribution in [0.3, 0.4) is 0 Å². The molecule has 0 amide bonds. The third kappa shape index (κ3) is 6.37. The summed E-state index contributed by atoms with van der Waals surface area (Å²) >= 11 is 0. The SMILES string of the molecule is [2H]C1([2H])C(C)(C)c2cc3oc4c(c3cc2C(C)(C)C1([2H])[2H])N(c1ccc(C(C)(C)C)cc1)c1cc(C(C)(C)C)cc2c1B4c1cc(C(C)(C)C)ccc1N2c1ccc(C(C)(C)C)cc1. The molecule has 0 spiro atoms. The number of benzene rings is 5. The first-order valence-corrected chi connectivity index (χ1v) is 22.1. The number of rotatable bonds is 2. The van der Waals surface area contributed by atoms with Gasteiger partial charge in [0, 0.05) is 39.3 Å². The highest BCUT2D eigenvalue weighted by Crippen LogP contribution is 2.52. The molecule has 3 nitrogen and oxygen atoms in total. The molecule has 60 heavy (non-hydrogen) atoms. The van der Waals surface area contributed by atoms with Crippen molar-refractivity contribution in [3.8, 4) is 0 Å². The molecule has 1 aliphatic carbocycles. The smallest absolute Gasteiger partial charge is 0.297 e. The summed E-state index contributed by atoms with van der Waals surface area (Å²) in [6.45, 7) is 34.4. The van der Waals surface area contributed by atoms with Gasteiger partial charge in [0.2, 0.25) is 0 Å². The van der Waals surface area contributed by atoms with Crippen molar-refractivity contribution >= 4 is 68.4 Å². The van der Waals surface area contributed by atoms with Crippen molar-refractivity contribution in [1.82, 2.24) is 0 Å². The van der Waals surface area contributed by atoms with E-state index in [1.165, 1.54) is 33.2 Å². The van der Waals surface area contributed by atoms with Crippen molar-refractivity contribution in [1.29, 1.82) is 0 Å². The van der Waals surface area contributed by atoms with Crippen molar-refractivity contribution in [2.75, 3.05) is 9.80 Å². The summed E-state index contributed by atoms with van der Waals surface area (Å²) in [7, 11) is 0. The number of furan rings is 1. The van der Waals surface area contributed by atoms with Crippen molar-refractivity contribution < 1.29 is 9.90 Å². The van der Waals surface area contributed by atoms with E-state index in [1.54, 1.807) is 0 Å². The number of nitrogens with zero attached hydrogens (tertiary/aromatic N) is 2. The molecular formula is C56H67BN2O. The Labute approximate surface area is 367 Å². The first-order valence-electron chi connectivity index (χ1n) is 24.1. The molecule has 5 aromatic carbocycles. The lowest BCUT2D eigenvalue weighted by Crippen LogP contribution is -2.61. The van der Waals surface area contributed by atoms with Crippen molar-refractivity contribution in [2.24, 2.45) is 0 Å². The van der Waals surface area contributed by atoms with Crippen LogP contribution < -0.4 is 26.4 Å². The Morgan fingerprint density at radius 1 is 0.517 bits per heavy atom. The molecule has 2 aliphatic heterocycles. The Morgan fingerprint density at radius 2 is 0.967 bits per heavy atom. The molecule has 4 heteroatoms.